The highest BCUT2D eigenvalue weighted by atomic mass is 79.9. The van der Waals surface area contributed by atoms with Gasteiger partial charge >= 0.3 is 0 Å². The van der Waals surface area contributed by atoms with Gasteiger partial charge in [-0.15, -0.1) is 0 Å². The lowest BCUT2D eigenvalue weighted by Gasteiger charge is -2.30. The lowest BCUT2D eigenvalue weighted by molar-refractivity contribution is 0.200. The maximum absolute atomic E-state index is 3.46. The second-order valence-corrected chi connectivity index (χ2v) is 5.54. The second-order valence-electron chi connectivity index (χ2n) is 4.62. The minimum absolute atomic E-state index is 0.963. The first kappa shape index (κ1) is 11.2. The van der Waals surface area contributed by atoms with Crippen LogP contribution in [-0.2, 0) is 6.54 Å². The molecule has 0 amide bonds. The zero-order chi connectivity index (χ0) is 10.7. The molecule has 0 unspecified atom stereocenters. The molecule has 2 rings (SSSR count). The molecule has 15 heavy (non-hydrogen) atoms. The Morgan fingerprint density at radius 2 is 1.93 bits per heavy atom. The molecule has 82 valence electrons. The average Bonchev–Trinajstić information content (AvgIpc) is 2.16. The summed E-state index contributed by atoms with van der Waals surface area (Å²) in [5.41, 5.74) is 1.40. The minimum Gasteiger partial charge on any atom is -0.302 e. The van der Waals surface area contributed by atoms with E-state index in [2.05, 4.69) is 52.1 Å². The third-order valence-electron chi connectivity index (χ3n) is 3.16. The van der Waals surface area contributed by atoms with Crippen molar-refractivity contribution in [1.29, 1.82) is 0 Å². The largest absolute Gasteiger partial charge is 0.302 e. The highest BCUT2D eigenvalue weighted by molar-refractivity contribution is 9.10. The third-order valence-corrected chi connectivity index (χ3v) is 3.69. The SMILES string of the molecule is CN(Cc1ccc(Br)cc1)CC1CCC1. The monoisotopic (exact) mass is 267 g/mol. The second kappa shape index (κ2) is 5.13. The van der Waals surface area contributed by atoms with E-state index in [1.54, 1.807) is 0 Å². The van der Waals surface area contributed by atoms with E-state index >= 15 is 0 Å². The van der Waals surface area contributed by atoms with Gasteiger partial charge in [0.25, 0.3) is 0 Å². The van der Waals surface area contributed by atoms with Crippen molar-refractivity contribution in [2.24, 2.45) is 5.92 Å². The summed E-state index contributed by atoms with van der Waals surface area (Å²) in [7, 11) is 2.22. The van der Waals surface area contributed by atoms with Gasteiger partial charge in [0.2, 0.25) is 0 Å². The number of benzene rings is 1. The summed E-state index contributed by atoms with van der Waals surface area (Å²) < 4.78 is 1.16. The molecule has 0 radical (unpaired) electrons. The van der Waals surface area contributed by atoms with Crippen LogP contribution >= 0.6 is 15.9 Å². The Morgan fingerprint density at radius 3 is 2.47 bits per heavy atom. The van der Waals surface area contributed by atoms with E-state index in [0.717, 1.165) is 16.9 Å². The van der Waals surface area contributed by atoms with Crippen LogP contribution in [0.1, 0.15) is 24.8 Å². The standard InChI is InChI=1S/C13H18BrN/c1-15(9-11-3-2-4-11)10-12-5-7-13(14)8-6-12/h5-8,11H,2-4,9-10H2,1H3. The summed E-state index contributed by atoms with van der Waals surface area (Å²) in [4.78, 5) is 2.44. The summed E-state index contributed by atoms with van der Waals surface area (Å²) in [6.07, 6.45) is 4.31. The van der Waals surface area contributed by atoms with Crippen molar-refractivity contribution in [2.45, 2.75) is 25.8 Å². The van der Waals surface area contributed by atoms with Crippen molar-refractivity contribution in [3.8, 4) is 0 Å². The molecule has 0 atom stereocenters. The molecular formula is C13H18BrN. The smallest absolute Gasteiger partial charge is 0.0230 e. The summed E-state index contributed by atoms with van der Waals surface area (Å²) in [6.45, 7) is 2.33. The predicted molar refractivity (Wildman–Crippen MR) is 67.8 cm³/mol. The maximum Gasteiger partial charge on any atom is 0.0230 e. The molecule has 1 aromatic carbocycles. The highest BCUT2D eigenvalue weighted by Crippen LogP contribution is 2.27. The number of hydrogen-bond donors (Lipinski definition) is 0. The summed E-state index contributed by atoms with van der Waals surface area (Å²) in [5.74, 6) is 0.963. The quantitative estimate of drug-likeness (QED) is 0.805. The molecule has 0 bridgehead atoms. The molecule has 1 nitrogen and oxygen atoms in total. The van der Waals surface area contributed by atoms with Crippen molar-refractivity contribution >= 4 is 15.9 Å². The van der Waals surface area contributed by atoms with Gasteiger partial charge in [0.15, 0.2) is 0 Å². The van der Waals surface area contributed by atoms with Crippen LogP contribution in [0.2, 0.25) is 0 Å². The molecule has 1 fully saturated rings. The Kier molecular flexibility index (Phi) is 3.81. The third kappa shape index (κ3) is 3.32. The Balaban J connectivity index is 1.82. The molecule has 0 spiro atoms. The van der Waals surface area contributed by atoms with Crippen LogP contribution < -0.4 is 0 Å². The topological polar surface area (TPSA) is 3.24 Å². The van der Waals surface area contributed by atoms with Crippen LogP contribution in [0.15, 0.2) is 28.7 Å². The zero-order valence-electron chi connectivity index (χ0n) is 9.25. The van der Waals surface area contributed by atoms with Crippen LogP contribution in [0.5, 0.6) is 0 Å². The summed E-state index contributed by atoms with van der Waals surface area (Å²) in [5, 5.41) is 0. The summed E-state index contributed by atoms with van der Waals surface area (Å²) in [6, 6.07) is 8.63. The van der Waals surface area contributed by atoms with Crippen LogP contribution in [0, 0.1) is 5.92 Å². The van der Waals surface area contributed by atoms with Crippen LogP contribution in [0.3, 0.4) is 0 Å². The number of rotatable bonds is 4. The van der Waals surface area contributed by atoms with Crippen LogP contribution in [0.25, 0.3) is 0 Å². The predicted octanol–water partition coefficient (Wildman–Crippen LogP) is 3.68. The Hall–Kier alpha value is -0.340. The fourth-order valence-corrected chi connectivity index (χ4v) is 2.35. The molecule has 0 N–H and O–H groups in total. The van der Waals surface area contributed by atoms with Crippen LogP contribution in [-0.4, -0.2) is 18.5 Å². The van der Waals surface area contributed by atoms with E-state index < -0.39 is 0 Å². The van der Waals surface area contributed by atoms with Gasteiger partial charge in [0.05, 0.1) is 0 Å². The van der Waals surface area contributed by atoms with E-state index in [1.165, 1.54) is 31.4 Å². The van der Waals surface area contributed by atoms with Gasteiger partial charge in [-0.2, -0.15) is 0 Å². The Bertz CT molecular complexity index is 303. The number of nitrogens with zero attached hydrogens (tertiary/aromatic N) is 1. The minimum atomic E-state index is 0.963. The van der Waals surface area contributed by atoms with Crippen LogP contribution in [0.4, 0.5) is 0 Å². The fraction of sp³-hybridized carbons (Fsp3) is 0.538. The number of halogens is 1. The van der Waals surface area contributed by atoms with Gasteiger partial charge in [-0.1, -0.05) is 34.5 Å². The van der Waals surface area contributed by atoms with Gasteiger partial charge < -0.3 is 4.90 Å². The number of hydrogen-bond acceptors (Lipinski definition) is 1. The van der Waals surface area contributed by atoms with Gasteiger partial charge in [-0.25, -0.2) is 0 Å². The molecule has 1 aromatic rings. The van der Waals surface area contributed by atoms with E-state index in [1.807, 2.05) is 0 Å². The highest BCUT2D eigenvalue weighted by Gasteiger charge is 2.18. The van der Waals surface area contributed by atoms with E-state index in [4.69, 9.17) is 0 Å². The van der Waals surface area contributed by atoms with Crippen molar-refractivity contribution in [3.63, 3.8) is 0 Å². The molecule has 1 aliphatic rings. The first-order valence-corrected chi connectivity index (χ1v) is 6.46. The average molecular weight is 268 g/mol. The first-order valence-electron chi connectivity index (χ1n) is 5.67. The first-order chi connectivity index (χ1) is 7.24. The van der Waals surface area contributed by atoms with Crippen molar-refractivity contribution in [3.05, 3.63) is 34.3 Å². The Labute approximate surface area is 101 Å². The van der Waals surface area contributed by atoms with Gasteiger partial charge in [0.1, 0.15) is 0 Å². The molecule has 1 aliphatic carbocycles. The van der Waals surface area contributed by atoms with E-state index in [0.29, 0.717) is 0 Å². The van der Waals surface area contributed by atoms with Gasteiger partial charge in [-0.3, -0.25) is 0 Å². The van der Waals surface area contributed by atoms with E-state index in [9.17, 15) is 0 Å². The normalized spacial score (nSPS) is 16.7. The van der Waals surface area contributed by atoms with Crippen molar-refractivity contribution in [1.82, 2.24) is 4.90 Å². The Morgan fingerprint density at radius 1 is 1.27 bits per heavy atom. The molecular weight excluding hydrogens is 250 g/mol. The molecule has 0 aromatic heterocycles. The molecule has 0 saturated heterocycles. The van der Waals surface area contributed by atoms with E-state index in [-0.39, 0.29) is 0 Å². The fourth-order valence-electron chi connectivity index (χ4n) is 2.08. The van der Waals surface area contributed by atoms with Gasteiger partial charge in [-0.05, 0) is 43.5 Å². The lowest BCUT2D eigenvalue weighted by Crippen LogP contribution is -2.29. The molecule has 0 aliphatic heterocycles. The van der Waals surface area contributed by atoms with Crippen molar-refractivity contribution in [2.75, 3.05) is 13.6 Å². The summed E-state index contributed by atoms with van der Waals surface area (Å²) >= 11 is 3.46. The maximum atomic E-state index is 3.46. The molecule has 1 saturated carbocycles. The zero-order valence-corrected chi connectivity index (χ0v) is 10.8. The van der Waals surface area contributed by atoms with Gasteiger partial charge in [0, 0.05) is 17.6 Å². The lowest BCUT2D eigenvalue weighted by atomic mass is 9.85. The van der Waals surface area contributed by atoms with Crippen molar-refractivity contribution < 1.29 is 0 Å². The molecule has 2 heteroatoms. The molecule has 0 heterocycles.